The van der Waals surface area contributed by atoms with Gasteiger partial charge in [-0.3, -0.25) is 0 Å². The van der Waals surface area contributed by atoms with Gasteiger partial charge in [0.05, 0.1) is 0 Å². The van der Waals surface area contributed by atoms with Crippen molar-refractivity contribution < 1.29 is 4.42 Å². The van der Waals surface area contributed by atoms with E-state index < -0.39 is 0 Å². The first kappa shape index (κ1) is 34.4. The third-order valence-corrected chi connectivity index (χ3v) is 14.5. The first-order chi connectivity index (χ1) is 28.7. The average Bonchev–Trinajstić information content (AvgIpc) is 3.97. The Morgan fingerprint density at radius 1 is 0.407 bits per heavy atom. The molecule has 2 aliphatic rings. The van der Waals surface area contributed by atoms with Gasteiger partial charge in [-0.25, -0.2) is 0 Å². The van der Waals surface area contributed by atoms with E-state index in [0.29, 0.717) is 0 Å². The summed E-state index contributed by atoms with van der Waals surface area (Å²) in [5, 5.41) is 3.63. The van der Waals surface area contributed by atoms with Crippen molar-refractivity contribution in [2.45, 2.75) is 38.5 Å². The molecule has 2 heterocycles. The van der Waals surface area contributed by atoms with Gasteiger partial charge in [-0.2, -0.15) is 0 Å². The SMILES string of the molecule is CC1(C)c2ccccc2-c2ccc(N(c3ccc(-c4ccccc4)cc3)c3ccc4c(c3)oc3ccc(-c5ccc6c(c5)C(C)(C)c5c-6sc6ccccc56)cc34)cc21. The van der Waals surface area contributed by atoms with Crippen molar-refractivity contribution >= 4 is 60.4 Å². The number of benzene rings is 8. The van der Waals surface area contributed by atoms with E-state index in [2.05, 4.69) is 209 Å². The summed E-state index contributed by atoms with van der Waals surface area (Å²) >= 11 is 1.92. The number of hydrogen-bond donors (Lipinski definition) is 0. The quantitative estimate of drug-likeness (QED) is 0.173. The molecule has 2 aliphatic carbocycles. The molecule has 2 nitrogen and oxygen atoms in total. The lowest BCUT2D eigenvalue weighted by Gasteiger charge is -2.28. The number of nitrogens with zero attached hydrogens (tertiary/aromatic N) is 1. The van der Waals surface area contributed by atoms with Crippen molar-refractivity contribution in [3.63, 3.8) is 0 Å². The Labute approximate surface area is 348 Å². The Balaban J connectivity index is 0.954. The lowest BCUT2D eigenvalue weighted by Crippen LogP contribution is -2.16. The zero-order chi connectivity index (χ0) is 39.6. The number of furan rings is 1. The van der Waals surface area contributed by atoms with Gasteiger partial charge in [0.15, 0.2) is 0 Å². The van der Waals surface area contributed by atoms with Gasteiger partial charge in [0.1, 0.15) is 11.2 Å². The highest BCUT2D eigenvalue weighted by molar-refractivity contribution is 7.22. The average molecular weight is 776 g/mol. The van der Waals surface area contributed by atoms with Crippen LogP contribution >= 0.6 is 11.3 Å². The van der Waals surface area contributed by atoms with Gasteiger partial charge in [-0.15, -0.1) is 11.3 Å². The second-order valence-corrected chi connectivity index (χ2v) is 18.4. The van der Waals surface area contributed by atoms with Crippen molar-refractivity contribution in [1.29, 1.82) is 0 Å². The van der Waals surface area contributed by atoms with Gasteiger partial charge in [0, 0.05) is 54.3 Å². The summed E-state index contributed by atoms with van der Waals surface area (Å²) in [6.07, 6.45) is 0. The van der Waals surface area contributed by atoms with Crippen molar-refractivity contribution in [2.75, 3.05) is 4.90 Å². The molecule has 0 fully saturated rings. The maximum atomic E-state index is 6.69. The number of hydrogen-bond acceptors (Lipinski definition) is 3. The Hall–Kier alpha value is -6.68. The molecule has 59 heavy (non-hydrogen) atoms. The van der Waals surface area contributed by atoms with E-state index in [-0.39, 0.29) is 10.8 Å². The minimum atomic E-state index is -0.110. The number of thiophene rings is 1. The van der Waals surface area contributed by atoms with Crippen molar-refractivity contribution in [3.8, 4) is 43.8 Å². The molecule has 2 aromatic heterocycles. The highest BCUT2D eigenvalue weighted by Gasteiger charge is 2.39. The molecule has 0 spiro atoms. The summed E-state index contributed by atoms with van der Waals surface area (Å²) < 4.78 is 8.05. The predicted octanol–water partition coefficient (Wildman–Crippen LogP) is 16.2. The monoisotopic (exact) mass is 775 g/mol. The molecule has 3 heteroatoms. The lowest BCUT2D eigenvalue weighted by molar-refractivity contribution is 0.660. The first-order valence-electron chi connectivity index (χ1n) is 20.6. The van der Waals surface area contributed by atoms with Crippen LogP contribution in [-0.4, -0.2) is 0 Å². The zero-order valence-corrected chi connectivity index (χ0v) is 34.3. The molecule has 0 bridgehead atoms. The molecular weight excluding hydrogens is 735 g/mol. The zero-order valence-electron chi connectivity index (χ0n) is 33.5. The number of fused-ring (bicyclic) bond motifs is 11. The second kappa shape index (κ2) is 12.4. The van der Waals surface area contributed by atoms with Crippen LogP contribution in [0.4, 0.5) is 17.1 Å². The Morgan fingerprint density at radius 2 is 1.03 bits per heavy atom. The van der Waals surface area contributed by atoms with Gasteiger partial charge in [-0.05, 0) is 127 Å². The lowest BCUT2D eigenvalue weighted by atomic mass is 9.80. The summed E-state index contributed by atoms with van der Waals surface area (Å²) in [5.41, 5.74) is 19.3. The van der Waals surface area contributed by atoms with Crippen molar-refractivity contribution in [2.24, 2.45) is 0 Å². The fourth-order valence-electron chi connectivity index (χ4n) is 10.2. The van der Waals surface area contributed by atoms with Crippen molar-refractivity contribution in [3.05, 3.63) is 198 Å². The highest BCUT2D eigenvalue weighted by atomic mass is 32.1. The summed E-state index contributed by atoms with van der Waals surface area (Å²) in [6, 6.07) is 64.7. The van der Waals surface area contributed by atoms with Crippen molar-refractivity contribution in [1.82, 2.24) is 0 Å². The molecule has 8 aromatic carbocycles. The molecule has 0 N–H and O–H groups in total. The smallest absolute Gasteiger partial charge is 0.137 e. The molecule has 0 radical (unpaired) electrons. The topological polar surface area (TPSA) is 16.4 Å². The normalized spacial score (nSPS) is 14.4. The number of rotatable bonds is 5. The summed E-state index contributed by atoms with van der Waals surface area (Å²) in [7, 11) is 0. The fourth-order valence-corrected chi connectivity index (χ4v) is 11.6. The maximum Gasteiger partial charge on any atom is 0.137 e. The molecule has 282 valence electrons. The van der Waals surface area contributed by atoms with E-state index in [9.17, 15) is 0 Å². The molecule has 0 amide bonds. The summed E-state index contributed by atoms with van der Waals surface area (Å²) in [6.45, 7) is 9.46. The van der Waals surface area contributed by atoms with Crippen LogP contribution in [0.2, 0.25) is 0 Å². The predicted molar refractivity (Wildman–Crippen MR) is 250 cm³/mol. The Morgan fingerprint density at radius 3 is 1.90 bits per heavy atom. The van der Waals surface area contributed by atoms with Gasteiger partial charge >= 0.3 is 0 Å². The van der Waals surface area contributed by atoms with Crippen LogP contribution in [0.5, 0.6) is 0 Å². The molecule has 0 aliphatic heterocycles. The Bertz CT molecular complexity index is 3330. The van der Waals surface area contributed by atoms with E-state index in [0.717, 1.165) is 39.0 Å². The van der Waals surface area contributed by atoms with Crippen LogP contribution < -0.4 is 4.90 Å². The largest absolute Gasteiger partial charge is 0.456 e. The van der Waals surface area contributed by atoms with Gasteiger partial charge < -0.3 is 9.32 Å². The maximum absolute atomic E-state index is 6.69. The number of anilines is 3. The minimum absolute atomic E-state index is 0.0740. The second-order valence-electron chi connectivity index (χ2n) is 17.3. The van der Waals surface area contributed by atoms with Crippen LogP contribution in [0.1, 0.15) is 49.9 Å². The molecule has 10 aromatic rings. The van der Waals surface area contributed by atoms with Gasteiger partial charge in [0.25, 0.3) is 0 Å². The third-order valence-electron chi connectivity index (χ3n) is 13.3. The minimum Gasteiger partial charge on any atom is -0.456 e. The first-order valence-corrected chi connectivity index (χ1v) is 21.4. The van der Waals surface area contributed by atoms with E-state index in [4.69, 9.17) is 4.42 Å². The van der Waals surface area contributed by atoms with Gasteiger partial charge in [0.2, 0.25) is 0 Å². The van der Waals surface area contributed by atoms with Crippen LogP contribution in [0.15, 0.2) is 180 Å². The molecule has 0 saturated heterocycles. The summed E-state index contributed by atoms with van der Waals surface area (Å²) in [5.74, 6) is 0. The Kier molecular flexibility index (Phi) is 7.23. The molecule has 12 rings (SSSR count). The van der Waals surface area contributed by atoms with E-state index in [1.54, 1.807) is 0 Å². The van der Waals surface area contributed by atoms with Crippen LogP contribution in [-0.2, 0) is 10.8 Å². The summed E-state index contributed by atoms with van der Waals surface area (Å²) in [4.78, 5) is 3.79. The molecule has 0 unspecified atom stereocenters. The van der Waals surface area contributed by atoms with Crippen LogP contribution in [0.25, 0.3) is 75.8 Å². The van der Waals surface area contributed by atoms with Crippen LogP contribution in [0, 0.1) is 0 Å². The van der Waals surface area contributed by atoms with Gasteiger partial charge in [-0.1, -0.05) is 137 Å². The molecular formula is C56H41NOS. The highest BCUT2D eigenvalue weighted by Crippen LogP contribution is 2.56. The van der Waals surface area contributed by atoms with E-state index in [1.165, 1.54) is 76.2 Å². The van der Waals surface area contributed by atoms with E-state index in [1.807, 2.05) is 11.3 Å². The third kappa shape index (κ3) is 5.04. The molecule has 0 saturated carbocycles. The standard InChI is InChI=1S/C56H41NOS/c1-55(2)47-16-10-8-14-41(47)42-27-24-39(32-49(42)55)57(38-22-18-35(19-23-38)34-12-6-5-7-13-34)40-25-28-43-46-30-36(21-29-50(46)58-51(43)33-40)37-20-26-44-48(31-37)56(3,4)53-45-15-9-11-17-52(45)59-54(44)53/h5-33H,1-4H3. The molecule has 0 atom stereocenters. The van der Waals surface area contributed by atoms with E-state index >= 15 is 0 Å². The van der Waals surface area contributed by atoms with Crippen LogP contribution in [0.3, 0.4) is 0 Å². The fraction of sp³-hybridized carbons (Fsp3) is 0.107.